The third-order valence-electron chi connectivity index (χ3n) is 2.57. The molecule has 1 amide bonds. The molecule has 0 unspecified atom stereocenters. The quantitative estimate of drug-likeness (QED) is 0.871. The van der Waals surface area contributed by atoms with Crippen LogP contribution in [0, 0.1) is 0 Å². The number of hydrogen-bond acceptors (Lipinski definition) is 2. The maximum atomic E-state index is 11.8. The molecular formula is C15H13BrClNO2. The van der Waals surface area contributed by atoms with Crippen LogP contribution in [0.3, 0.4) is 0 Å². The molecule has 0 saturated carbocycles. The third-order valence-corrected chi connectivity index (χ3v) is 3.87. The summed E-state index contributed by atoms with van der Waals surface area (Å²) in [6.07, 6.45) is 0. The molecule has 0 bridgehead atoms. The van der Waals surface area contributed by atoms with Gasteiger partial charge >= 0.3 is 0 Å². The highest BCUT2D eigenvalue weighted by atomic mass is 79.9. The van der Waals surface area contributed by atoms with E-state index in [9.17, 15) is 4.79 Å². The molecule has 0 aliphatic carbocycles. The summed E-state index contributed by atoms with van der Waals surface area (Å²) in [6, 6.07) is 15.0. The SMILES string of the molecule is O=C(COCc1ccccc1)Nc1cccc(Br)c1Cl. The second kappa shape index (κ2) is 7.43. The first-order valence-corrected chi connectivity index (χ1v) is 7.19. The Hall–Kier alpha value is -1.36. The fourth-order valence-electron chi connectivity index (χ4n) is 1.62. The number of benzene rings is 2. The Kier molecular flexibility index (Phi) is 5.59. The minimum atomic E-state index is -0.235. The van der Waals surface area contributed by atoms with Crippen LogP contribution in [0.2, 0.25) is 5.02 Å². The number of halogens is 2. The summed E-state index contributed by atoms with van der Waals surface area (Å²) in [4.78, 5) is 11.8. The van der Waals surface area contributed by atoms with E-state index in [1.807, 2.05) is 36.4 Å². The summed E-state index contributed by atoms with van der Waals surface area (Å²) >= 11 is 9.37. The molecule has 104 valence electrons. The lowest BCUT2D eigenvalue weighted by Gasteiger charge is -2.08. The van der Waals surface area contributed by atoms with Gasteiger partial charge in [-0.25, -0.2) is 0 Å². The van der Waals surface area contributed by atoms with Crippen molar-refractivity contribution < 1.29 is 9.53 Å². The van der Waals surface area contributed by atoms with Crippen LogP contribution in [0.4, 0.5) is 5.69 Å². The van der Waals surface area contributed by atoms with E-state index in [1.54, 1.807) is 12.1 Å². The van der Waals surface area contributed by atoms with Gasteiger partial charge in [-0.3, -0.25) is 4.79 Å². The number of hydrogen-bond donors (Lipinski definition) is 1. The number of anilines is 1. The van der Waals surface area contributed by atoms with Gasteiger partial charge in [-0.2, -0.15) is 0 Å². The van der Waals surface area contributed by atoms with Gasteiger partial charge in [-0.05, 0) is 33.6 Å². The Morgan fingerprint density at radius 2 is 1.90 bits per heavy atom. The van der Waals surface area contributed by atoms with E-state index in [0.717, 1.165) is 10.0 Å². The lowest BCUT2D eigenvalue weighted by molar-refractivity contribution is -0.121. The highest BCUT2D eigenvalue weighted by Gasteiger charge is 2.08. The predicted molar refractivity (Wildman–Crippen MR) is 83.9 cm³/mol. The molecule has 0 radical (unpaired) electrons. The molecule has 0 aliphatic heterocycles. The van der Waals surface area contributed by atoms with Crippen molar-refractivity contribution in [1.82, 2.24) is 0 Å². The molecule has 0 fully saturated rings. The molecule has 0 atom stereocenters. The number of rotatable bonds is 5. The molecule has 2 aromatic rings. The first-order valence-electron chi connectivity index (χ1n) is 6.02. The molecular weight excluding hydrogens is 342 g/mol. The van der Waals surface area contributed by atoms with E-state index in [2.05, 4.69) is 21.2 Å². The molecule has 0 saturated heterocycles. The van der Waals surface area contributed by atoms with Crippen LogP contribution < -0.4 is 5.32 Å². The lowest BCUT2D eigenvalue weighted by atomic mass is 10.2. The normalized spacial score (nSPS) is 10.3. The van der Waals surface area contributed by atoms with Gasteiger partial charge in [0.2, 0.25) is 5.91 Å². The van der Waals surface area contributed by atoms with Gasteiger partial charge in [0.1, 0.15) is 6.61 Å². The van der Waals surface area contributed by atoms with Gasteiger partial charge < -0.3 is 10.1 Å². The molecule has 2 rings (SSSR count). The molecule has 0 aliphatic rings. The summed E-state index contributed by atoms with van der Waals surface area (Å²) in [5.41, 5.74) is 1.59. The number of ether oxygens (including phenoxy) is 1. The van der Waals surface area contributed by atoms with E-state index in [4.69, 9.17) is 16.3 Å². The number of nitrogens with one attached hydrogen (secondary N) is 1. The average Bonchev–Trinajstić information content (AvgIpc) is 2.45. The molecule has 1 N–H and O–H groups in total. The van der Waals surface area contributed by atoms with Crippen LogP contribution in [0.5, 0.6) is 0 Å². The van der Waals surface area contributed by atoms with Crippen molar-refractivity contribution in [3.63, 3.8) is 0 Å². The zero-order chi connectivity index (χ0) is 14.4. The molecule has 0 aromatic heterocycles. The highest BCUT2D eigenvalue weighted by Crippen LogP contribution is 2.29. The predicted octanol–water partition coefficient (Wildman–Crippen LogP) is 4.26. The Labute approximate surface area is 131 Å². The summed E-state index contributed by atoms with van der Waals surface area (Å²) in [5.74, 6) is -0.235. The second-order valence-electron chi connectivity index (χ2n) is 4.13. The van der Waals surface area contributed by atoms with Crippen molar-refractivity contribution in [3.05, 3.63) is 63.6 Å². The van der Waals surface area contributed by atoms with Crippen LogP contribution in [0.15, 0.2) is 53.0 Å². The van der Waals surface area contributed by atoms with Crippen LogP contribution in [0.25, 0.3) is 0 Å². The van der Waals surface area contributed by atoms with Crippen molar-refractivity contribution in [2.24, 2.45) is 0 Å². The maximum absolute atomic E-state index is 11.8. The Balaban J connectivity index is 1.82. The molecule has 0 spiro atoms. The summed E-state index contributed by atoms with van der Waals surface area (Å²) in [6.45, 7) is 0.387. The molecule has 0 heterocycles. The minimum Gasteiger partial charge on any atom is -0.367 e. The van der Waals surface area contributed by atoms with Crippen LogP contribution in [-0.2, 0) is 16.1 Å². The first-order chi connectivity index (χ1) is 9.66. The summed E-state index contributed by atoms with van der Waals surface area (Å²) in [7, 11) is 0. The average molecular weight is 355 g/mol. The van der Waals surface area contributed by atoms with Gasteiger partial charge in [-0.1, -0.05) is 48.0 Å². The summed E-state index contributed by atoms with van der Waals surface area (Å²) < 4.78 is 6.10. The topological polar surface area (TPSA) is 38.3 Å². The molecule has 3 nitrogen and oxygen atoms in total. The monoisotopic (exact) mass is 353 g/mol. The van der Waals surface area contributed by atoms with E-state index < -0.39 is 0 Å². The fourth-order valence-corrected chi connectivity index (χ4v) is 2.16. The maximum Gasteiger partial charge on any atom is 0.250 e. The van der Waals surface area contributed by atoms with Gasteiger partial charge in [-0.15, -0.1) is 0 Å². The second-order valence-corrected chi connectivity index (χ2v) is 5.36. The van der Waals surface area contributed by atoms with E-state index >= 15 is 0 Å². The van der Waals surface area contributed by atoms with Gasteiger partial charge in [0, 0.05) is 4.47 Å². The van der Waals surface area contributed by atoms with E-state index in [0.29, 0.717) is 17.3 Å². The van der Waals surface area contributed by atoms with Gasteiger partial charge in [0.05, 0.1) is 17.3 Å². The third kappa shape index (κ3) is 4.34. The van der Waals surface area contributed by atoms with Gasteiger partial charge in [0.25, 0.3) is 0 Å². The minimum absolute atomic E-state index is 0.0161. The smallest absolute Gasteiger partial charge is 0.250 e. The largest absolute Gasteiger partial charge is 0.367 e. The number of amides is 1. The number of carbonyl (C=O) groups excluding carboxylic acids is 1. The lowest BCUT2D eigenvalue weighted by Crippen LogP contribution is -2.18. The zero-order valence-corrected chi connectivity index (χ0v) is 12.9. The van der Waals surface area contributed by atoms with E-state index in [-0.39, 0.29) is 12.5 Å². The van der Waals surface area contributed by atoms with Crippen molar-refractivity contribution in [3.8, 4) is 0 Å². The van der Waals surface area contributed by atoms with Crippen molar-refractivity contribution in [1.29, 1.82) is 0 Å². The zero-order valence-electron chi connectivity index (χ0n) is 10.6. The van der Waals surface area contributed by atoms with Crippen LogP contribution in [-0.4, -0.2) is 12.5 Å². The Morgan fingerprint density at radius 3 is 2.65 bits per heavy atom. The molecule has 5 heteroatoms. The van der Waals surface area contributed by atoms with Crippen LogP contribution >= 0.6 is 27.5 Å². The van der Waals surface area contributed by atoms with Crippen molar-refractivity contribution in [2.75, 3.05) is 11.9 Å². The molecule has 2 aromatic carbocycles. The standard InChI is InChI=1S/C15H13BrClNO2/c16-12-7-4-8-13(15(12)17)18-14(19)10-20-9-11-5-2-1-3-6-11/h1-8H,9-10H2,(H,18,19). The first kappa shape index (κ1) is 15.0. The Morgan fingerprint density at radius 1 is 1.15 bits per heavy atom. The Bertz CT molecular complexity index is 590. The molecule has 20 heavy (non-hydrogen) atoms. The summed E-state index contributed by atoms with van der Waals surface area (Å²) in [5, 5.41) is 3.19. The number of carbonyl (C=O) groups is 1. The van der Waals surface area contributed by atoms with Crippen molar-refractivity contribution in [2.45, 2.75) is 6.61 Å². The van der Waals surface area contributed by atoms with Crippen LogP contribution in [0.1, 0.15) is 5.56 Å². The highest BCUT2D eigenvalue weighted by molar-refractivity contribution is 9.10. The fraction of sp³-hybridized carbons (Fsp3) is 0.133. The van der Waals surface area contributed by atoms with Gasteiger partial charge in [0.15, 0.2) is 0 Å². The van der Waals surface area contributed by atoms with E-state index in [1.165, 1.54) is 0 Å². The van der Waals surface area contributed by atoms with Crippen molar-refractivity contribution >= 4 is 39.1 Å².